The molecule has 1 unspecified atom stereocenters. The molecule has 0 amide bonds. The number of aliphatic hydroxyl groups is 1. The van der Waals surface area contributed by atoms with E-state index >= 15 is 0 Å². The molecule has 1 atom stereocenters. The van der Waals surface area contributed by atoms with Crippen molar-refractivity contribution in [3.8, 4) is 0 Å². The van der Waals surface area contributed by atoms with Crippen molar-refractivity contribution in [3.05, 3.63) is 70.6 Å². The van der Waals surface area contributed by atoms with Crippen molar-refractivity contribution in [2.24, 2.45) is 5.92 Å². The Hall–Kier alpha value is -1.68. The van der Waals surface area contributed by atoms with Gasteiger partial charge >= 0.3 is 0 Å². The van der Waals surface area contributed by atoms with E-state index < -0.39 is 6.10 Å². The first-order valence-electron chi connectivity index (χ1n) is 9.48. The number of aliphatic hydroxyl groups excluding tert-OH is 1. The molecular weight excluding hydrogens is 338 g/mol. The summed E-state index contributed by atoms with van der Waals surface area (Å²) in [6, 6.07) is 19.3. The van der Waals surface area contributed by atoms with Crippen molar-refractivity contribution in [2.75, 3.05) is 6.54 Å². The lowest BCUT2D eigenvalue weighted by Crippen LogP contribution is -2.43. The molecule has 2 N–H and O–H groups in total. The van der Waals surface area contributed by atoms with Crippen molar-refractivity contribution in [1.82, 2.24) is 5.32 Å². The van der Waals surface area contributed by atoms with Gasteiger partial charge in [-0.05, 0) is 67.7 Å². The lowest BCUT2D eigenvalue weighted by atomic mass is 9.88. The molecule has 0 radical (unpaired) electrons. The number of fused-ring (bicyclic) bond motifs is 2. The molecule has 1 aliphatic carbocycles. The largest absolute Gasteiger partial charge is 0.386 e. The molecule has 1 heterocycles. The van der Waals surface area contributed by atoms with Crippen LogP contribution in [0.1, 0.15) is 42.4 Å². The van der Waals surface area contributed by atoms with Crippen LogP contribution in [0.5, 0.6) is 0 Å². The number of hydrogen-bond donors (Lipinski definition) is 2. The molecule has 2 aromatic carbocycles. The molecule has 2 nitrogen and oxygen atoms in total. The summed E-state index contributed by atoms with van der Waals surface area (Å²) < 4.78 is 1.24. The normalized spacial score (nSPS) is 16.1. The van der Waals surface area contributed by atoms with Crippen LogP contribution in [-0.4, -0.2) is 17.2 Å². The summed E-state index contributed by atoms with van der Waals surface area (Å²) in [6.07, 6.45) is 3.04. The van der Waals surface area contributed by atoms with E-state index in [1.165, 1.54) is 34.1 Å². The maximum atomic E-state index is 10.6. The van der Waals surface area contributed by atoms with E-state index in [1.54, 1.807) is 11.3 Å². The molecule has 3 heteroatoms. The van der Waals surface area contributed by atoms with Gasteiger partial charge in [-0.1, -0.05) is 42.5 Å². The third-order valence-corrected chi connectivity index (χ3v) is 6.70. The Balaban J connectivity index is 1.34. The Morgan fingerprint density at radius 2 is 1.73 bits per heavy atom. The van der Waals surface area contributed by atoms with Crippen LogP contribution in [0.4, 0.5) is 0 Å². The van der Waals surface area contributed by atoms with Crippen molar-refractivity contribution in [1.29, 1.82) is 0 Å². The Bertz CT molecular complexity index is 840. The first-order valence-corrected chi connectivity index (χ1v) is 10.3. The van der Waals surface area contributed by atoms with Crippen molar-refractivity contribution >= 4 is 21.4 Å². The average Bonchev–Trinajstić information content (AvgIpc) is 3.22. The highest BCUT2D eigenvalue weighted by molar-refractivity contribution is 7.19. The van der Waals surface area contributed by atoms with Gasteiger partial charge in [-0.25, -0.2) is 0 Å². The fourth-order valence-electron chi connectivity index (χ4n) is 4.23. The third kappa shape index (κ3) is 3.85. The molecule has 0 saturated heterocycles. The van der Waals surface area contributed by atoms with Gasteiger partial charge in [0.2, 0.25) is 0 Å². The summed E-state index contributed by atoms with van der Waals surface area (Å²) in [7, 11) is 0. The van der Waals surface area contributed by atoms with Crippen molar-refractivity contribution in [2.45, 2.75) is 44.8 Å². The van der Waals surface area contributed by atoms with E-state index in [0.717, 1.165) is 11.3 Å². The molecule has 1 aliphatic rings. The first-order chi connectivity index (χ1) is 12.5. The van der Waals surface area contributed by atoms with Crippen molar-refractivity contribution < 1.29 is 5.11 Å². The maximum Gasteiger partial charge on any atom is 0.101 e. The molecular formula is C23H27NOS. The number of rotatable bonds is 6. The Kier molecular flexibility index (Phi) is 4.87. The number of nitrogens with one attached hydrogen (secondary N) is 1. The van der Waals surface area contributed by atoms with Gasteiger partial charge in [0.05, 0.1) is 0 Å². The van der Waals surface area contributed by atoms with E-state index in [4.69, 9.17) is 0 Å². The highest BCUT2D eigenvalue weighted by atomic mass is 32.1. The molecule has 136 valence electrons. The van der Waals surface area contributed by atoms with Gasteiger partial charge in [-0.15, -0.1) is 11.3 Å². The topological polar surface area (TPSA) is 32.3 Å². The first kappa shape index (κ1) is 17.7. The second kappa shape index (κ2) is 7.15. The van der Waals surface area contributed by atoms with Gasteiger partial charge in [0, 0.05) is 21.7 Å². The molecule has 3 aromatic rings. The van der Waals surface area contributed by atoms with Crippen LogP contribution in [0.3, 0.4) is 0 Å². The lowest BCUT2D eigenvalue weighted by Gasteiger charge is -2.30. The van der Waals surface area contributed by atoms with Gasteiger partial charge in [0.15, 0.2) is 0 Å². The number of hydrogen-bond acceptors (Lipinski definition) is 3. The zero-order chi connectivity index (χ0) is 18.1. The number of thiophene rings is 1. The highest BCUT2D eigenvalue weighted by Gasteiger charge is 2.28. The minimum atomic E-state index is -0.451. The standard InChI is InChI=1S/C23H27NOS/c1-23(2,14-16-11-17-7-3-4-8-18(17)12-16)24-15-20(25)22-13-19-9-5-6-10-21(19)26-22/h3-10,13,16,20,24-25H,11-12,14-15H2,1-2H3. The third-order valence-electron chi connectivity index (χ3n) is 5.48. The van der Waals surface area contributed by atoms with Gasteiger partial charge in [0.25, 0.3) is 0 Å². The van der Waals surface area contributed by atoms with Gasteiger partial charge in [0.1, 0.15) is 6.10 Å². The van der Waals surface area contributed by atoms with Gasteiger partial charge in [-0.3, -0.25) is 0 Å². The monoisotopic (exact) mass is 365 g/mol. The van der Waals surface area contributed by atoms with Crippen LogP contribution in [0.2, 0.25) is 0 Å². The molecule has 0 aliphatic heterocycles. The minimum absolute atomic E-state index is 0.0182. The van der Waals surface area contributed by atoms with Gasteiger partial charge < -0.3 is 10.4 Å². The van der Waals surface area contributed by atoms with E-state index in [9.17, 15) is 5.11 Å². The maximum absolute atomic E-state index is 10.6. The smallest absolute Gasteiger partial charge is 0.101 e. The van der Waals surface area contributed by atoms with Crippen LogP contribution in [0, 0.1) is 5.92 Å². The fourth-order valence-corrected chi connectivity index (χ4v) is 5.28. The van der Waals surface area contributed by atoms with Crippen LogP contribution in [0.15, 0.2) is 54.6 Å². The summed E-state index contributed by atoms with van der Waals surface area (Å²) >= 11 is 1.69. The number of β-amino-alcohol motifs (C(OH)–C–C–N with tert-alkyl or cyclic N) is 1. The average molecular weight is 366 g/mol. The van der Waals surface area contributed by atoms with E-state index in [-0.39, 0.29) is 5.54 Å². The molecule has 4 rings (SSSR count). The summed E-state index contributed by atoms with van der Waals surface area (Å²) in [5, 5.41) is 15.5. The zero-order valence-corrected chi connectivity index (χ0v) is 16.4. The van der Waals surface area contributed by atoms with Crippen LogP contribution in [-0.2, 0) is 12.8 Å². The predicted molar refractivity (Wildman–Crippen MR) is 111 cm³/mol. The predicted octanol–water partition coefficient (Wildman–Crippen LogP) is 5.11. The van der Waals surface area contributed by atoms with Crippen LogP contribution >= 0.6 is 11.3 Å². The van der Waals surface area contributed by atoms with E-state index in [1.807, 2.05) is 6.07 Å². The SMILES string of the molecule is CC(C)(CC1Cc2ccccc2C1)NCC(O)c1cc2ccccc2s1. The molecule has 0 spiro atoms. The zero-order valence-electron chi connectivity index (χ0n) is 15.5. The molecule has 1 aromatic heterocycles. The minimum Gasteiger partial charge on any atom is -0.386 e. The quantitative estimate of drug-likeness (QED) is 0.636. The molecule has 0 bridgehead atoms. The van der Waals surface area contributed by atoms with Gasteiger partial charge in [-0.2, -0.15) is 0 Å². The Labute approximate surface area is 159 Å². The second-order valence-corrected chi connectivity index (χ2v) is 9.33. The Morgan fingerprint density at radius 3 is 2.42 bits per heavy atom. The molecule has 26 heavy (non-hydrogen) atoms. The highest BCUT2D eigenvalue weighted by Crippen LogP contribution is 2.33. The Morgan fingerprint density at radius 1 is 1.08 bits per heavy atom. The second-order valence-electron chi connectivity index (χ2n) is 8.21. The summed E-state index contributed by atoms with van der Waals surface area (Å²) in [6.45, 7) is 5.11. The van der Waals surface area contributed by atoms with Crippen LogP contribution < -0.4 is 5.32 Å². The van der Waals surface area contributed by atoms with Crippen LogP contribution in [0.25, 0.3) is 10.1 Å². The lowest BCUT2D eigenvalue weighted by molar-refractivity contribution is 0.158. The molecule has 0 fully saturated rings. The summed E-state index contributed by atoms with van der Waals surface area (Å²) in [5.41, 5.74) is 3.04. The fraction of sp³-hybridized carbons (Fsp3) is 0.391. The van der Waals surface area contributed by atoms with E-state index in [2.05, 4.69) is 67.7 Å². The number of benzene rings is 2. The van der Waals surface area contributed by atoms with E-state index in [0.29, 0.717) is 12.5 Å². The molecule has 0 saturated carbocycles. The van der Waals surface area contributed by atoms with Crippen molar-refractivity contribution in [3.63, 3.8) is 0 Å². The summed E-state index contributed by atoms with van der Waals surface area (Å²) in [5.74, 6) is 0.691. The summed E-state index contributed by atoms with van der Waals surface area (Å²) in [4.78, 5) is 1.04.